The Kier molecular flexibility index (Phi) is 4.12. The van der Waals surface area contributed by atoms with E-state index >= 15 is 0 Å². The van der Waals surface area contributed by atoms with Crippen molar-refractivity contribution in [1.29, 1.82) is 0 Å². The lowest BCUT2D eigenvalue weighted by molar-refractivity contribution is 0.744. The lowest BCUT2D eigenvalue weighted by Gasteiger charge is -2.18. The Morgan fingerprint density at radius 2 is 1.83 bits per heavy atom. The van der Waals surface area contributed by atoms with Gasteiger partial charge in [0.15, 0.2) is 0 Å². The van der Waals surface area contributed by atoms with Crippen LogP contribution in [0.4, 0.5) is 11.6 Å². The first-order chi connectivity index (χ1) is 8.83. The summed E-state index contributed by atoms with van der Waals surface area (Å²) in [7, 11) is 1.85. The second-order valence-electron chi connectivity index (χ2n) is 4.05. The van der Waals surface area contributed by atoms with Crippen LogP contribution in [0.15, 0.2) is 42.7 Å². The molecule has 0 amide bonds. The average molecular weight is 242 g/mol. The molecule has 1 atom stereocenters. The molecular formula is C14H18N4. The smallest absolute Gasteiger partial charge is 0.131 e. The molecule has 4 nitrogen and oxygen atoms in total. The first-order valence-corrected chi connectivity index (χ1v) is 6.14. The van der Waals surface area contributed by atoms with Gasteiger partial charge in [-0.25, -0.2) is 9.97 Å². The van der Waals surface area contributed by atoms with Crippen LogP contribution in [0.3, 0.4) is 0 Å². The molecule has 2 N–H and O–H groups in total. The summed E-state index contributed by atoms with van der Waals surface area (Å²) in [6.07, 6.45) is 2.56. The van der Waals surface area contributed by atoms with E-state index in [4.69, 9.17) is 0 Å². The second-order valence-corrected chi connectivity index (χ2v) is 4.05. The molecular weight excluding hydrogens is 224 g/mol. The van der Waals surface area contributed by atoms with Crippen molar-refractivity contribution in [2.45, 2.75) is 19.4 Å². The molecule has 0 aliphatic heterocycles. The van der Waals surface area contributed by atoms with Gasteiger partial charge in [-0.1, -0.05) is 37.3 Å². The van der Waals surface area contributed by atoms with Crippen LogP contribution >= 0.6 is 0 Å². The zero-order chi connectivity index (χ0) is 12.8. The molecule has 0 spiro atoms. The van der Waals surface area contributed by atoms with E-state index in [9.17, 15) is 0 Å². The third-order valence-corrected chi connectivity index (χ3v) is 2.86. The summed E-state index contributed by atoms with van der Waals surface area (Å²) in [5.41, 5.74) is 1.27. The minimum absolute atomic E-state index is 0.269. The maximum Gasteiger partial charge on any atom is 0.131 e. The number of nitrogens with one attached hydrogen (secondary N) is 2. The van der Waals surface area contributed by atoms with Gasteiger partial charge in [-0.15, -0.1) is 0 Å². The largest absolute Gasteiger partial charge is 0.373 e. The molecule has 94 valence electrons. The van der Waals surface area contributed by atoms with Crippen molar-refractivity contribution in [3.63, 3.8) is 0 Å². The van der Waals surface area contributed by atoms with E-state index in [0.29, 0.717) is 0 Å². The Hall–Kier alpha value is -2.10. The van der Waals surface area contributed by atoms with Crippen molar-refractivity contribution in [2.75, 3.05) is 17.7 Å². The fourth-order valence-corrected chi connectivity index (χ4v) is 1.86. The van der Waals surface area contributed by atoms with Gasteiger partial charge in [0.25, 0.3) is 0 Å². The van der Waals surface area contributed by atoms with Crippen LogP contribution in [0.2, 0.25) is 0 Å². The van der Waals surface area contributed by atoms with Gasteiger partial charge >= 0.3 is 0 Å². The summed E-state index contributed by atoms with van der Waals surface area (Å²) in [5, 5.41) is 6.44. The van der Waals surface area contributed by atoms with Crippen LogP contribution in [0.1, 0.15) is 24.9 Å². The molecule has 0 radical (unpaired) electrons. The van der Waals surface area contributed by atoms with Crippen molar-refractivity contribution in [1.82, 2.24) is 9.97 Å². The van der Waals surface area contributed by atoms with E-state index in [1.54, 1.807) is 6.33 Å². The van der Waals surface area contributed by atoms with Gasteiger partial charge in [0.1, 0.15) is 18.0 Å². The fraction of sp³-hybridized carbons (Fsp3) is 0.286. The minimum Gasteiger partial charge on any atom is -0.373 e. The standard InChI is InChI=1S/C14H18N4/c1-3-12(11-7-5-4-6-8-11)18-14-9-13(15-2)16-10-17-14/h4-10,12H,3H2,1-2H3,(H2,15,16,17,18). The quantitative estimate of drug-likeness (QED) is 0.846. The summed E-state index contributed by atoms with van der Waals surface area (Å²) < 4.78 is 0. The zero-order valence-corrected chi connectivity index (χ0v) is 10.7. The highest BCUT2D eigenvalue weighted by Crippen LogP contribution is 2.21. The number of nitrogens with zero attached hydrogens (tertiary/aromatic N) is 2. The van der Waals surface area contributed by atoms with Gasteiger partial charge in [0.2, 0.25) is 0 Å². The van der Waals surface area contributed by atoms with Gasteiger partial charge < -0.3 is 10.6 Å². The molecule has 4 heteroatoms. The SMILES string of the molecule is CCC(Nc1cc(NC)ncn1)c1ccccc1. The van der Waals surface area contributed by atoms with Crippen LogP contribution in [0, 0.1) is 0 Å². The number of anilines is 2. The number of aromatic nitrogens is 2. The molecule has 0 saturated carbocycles. The predicted octanol–water partition coefficient (Wildman–Crippen LogP) is 3.08. The van der Waals surface area contributed by atoms with Crippen molar-refractivity contribution in [2.24, 2.45) is 0 Å². The Morgan fingerprint density at radius 1 is 1.11 bits per heavy atom. The van der Waals surface area contributed by atoms with E-state index in [1.165, 1.54) is 5.56 Å². The maximum atomic E-state index is 4.24. The van der Waals surface area contributed by atoms with Gasteiger partial charge in [-0.3, -0.25) is 0 Å². The van der Waals surface area contributed by atoms with Crippen LogP contribution < -0.4 is 10.6 Å². The highest BCUT2D eigenvalue weighted by molar-refractivity contribution is 5.47. The maximum absolute atomic E-state index is 4.24. The summed E-state index contributed by atoms with van der Waals surface area (Å²) in [6.45, 7) is 2.16. The Bertz CT molecular complexity index is 484. The summed E-state index contributed by atoms with van der Waals surface area (Å²) in [5.74, 6) is 1.65. The van der Waals surface area contributed by atoms with Crippen LogP contribution in [0.25, 0.3) is 0 Å². The lowest BCUT2D eigenvalue weighted by Crippen LogP contribution is -2.11. The topological polar surface area (TPSA) is 49.8 Å². The van der Waals surface area contributed by atoms with Gasteiger partial charge in [-0.05, 0) is 12.0 Å². The molecule has 0 saturated heterocycles. The third kappa shape index (κ3) is 2.97. The molecule has 1 unspecified atom stereocenters. The van der Waals surface area contributed by atoms with Crippen LogP contribution in [-0.2, 0) is 0 Å². The highest BCUT2D eigenvalue weighted by atomic mass is 15.1. The molecule has 2 aromatic rings. The van der Waals surface area contributed by atoms with E-state index in [2.05, 4.69) is 51.8 Å². The van der Waals surface area contributed by atoms with E-state index in [1.807, 2.05) is 19.2 Å². The number of rotatable bonds is 5. The zero-order valence-electron chi connectivity index (χ0n) is 10.7. The van der Waals surface area contributed by atoms with Gasteiger partial charge in [0, 0.05) is 13.1 Å². The highest BCUT2D eigenvalue weighted by Gasteiger charge is 2.09. The van der Waals surface area contributed by atoms with Crippen LogP contribution in [0.5, 0.6) is 0 Å². The van der Waals surface area contributed by atoms with E-state index < -0.39 is 0 Å². The first kappa shape index (κ1) is 12.4. The molecule has 0 aliphatic carbocycles. The van der Waals surface area contributed by atoms with Crippen molar-refractivity contribution < 1.29 is 0 Å². The number of hydrogen-bond donors (Lipinski definition) is 2. The van der Waals surface area contributed by atoms with E-state index in [-0.39, 0.29) is 6.04 Å². The Morgan fingerprint density at radius 3 is 2.50 bits per heavy atom. The van der Waals surface area contributed by atoms with Gasteiger partial charge in [0.05, 0.1) is 6.04 Å². The monoisotopic (exact) mass is 242 g/mol. The number of benzene rings is 1. The molecule has 0 aliphatic rings. The summed E-state index contributed by atoms with van der Waals surface area (Å²) in [6, 6.07) is 12.6. The molecule has 18 heavy (non-hydrogen) atoms. The molecule has 0 fully saturated rings. The predicted molar refractivity (Wildman–Crippen MR) is 74.7 cm³/mol. The normalized spacial score (nSPS) is 11.9. The summed E-state index contributed by atoms with van der Waals surface area (Å²) >= 11 is 0. The Labute approximate surface area is 107 Å². The van der Waals surface area contributed by atoms with Gasteiger partial charge in [-0.2, -0.15) is 0 Å². The second kappa shape index (κ2) is 6.00. The van der Waals surface area contributed by atoms with Crippen molar-refractivity contribution in [3.8, 4) is 0 Å². The average Bonchev–Trinajstić information content (AvgIpc) is 2.46. The molecule has 0 bridgehead atoms. The van der Waals surface area contributed by atoms with E-state index in [0.717, 1.165) is 18.1 Å². The van der Waals surface area contributed by atoms with Crippen LogP contribution in [-0.4, -0.2) is 17.0 Å². The summed E-state index contributed by atoms with van der Waals surface area (Å²) in [4.78, 5) is 8.34. The molecule has 1 heterocycles. The fourth-order valence-electron chi connectivity index (χ4n) is 1.86. The molecule has 2 rings (SSSR count). The van der Waals surface area contributed by atoms with Crippen molar-refractivity contribution >= 4 is 11.6 Å². The molecule has 1 aromatic carbocycles. The minimum atomic E-state index is 0.269. The Balaban J connectivity index is 2.15. The lowest BCUT2D eigenvalue weighted by atomic mass is 10.0. The first-order valence-electron chi connectivity index (χ1n) is 6.14. The van der Waals surface area contributed by atoms with Crippen molar-refractivity contribution in [3.05, 3.63) is 48.3 Å². The number of hydrogen-bond acceptors (Lipinski definition) is 4. The molecule has 1 aromatic heterocycles. The third-order valence-electron chi connectivity index (χ3n) is 2.86.